The van der Waals surface area contributed by atoms with Gasteiger partial charge in [0.1, 0.15) is 11.5 Å². The topological polar surface area (TPSA) is 57.7 Å². The molecule has 1 atom stereocenters. The minimum atomic E-state index is -6.44. The van der Waals surface area contributed by atoms with Crippen molar-refractivity contribution in [2.75, 3.05) is 13.2 Å². The standard InChI is InChI=1S/C23H24F7NO4/c1-3-15(2)5-4-12-33-19-11-6-16(13-31-19)20(32)35-18-9-7-17(8-10-18)34-14-21(24,25)22(26,27)23(28,29)30/h6-11,13,15H,3-5,12,14H2,1-2H3. The van der Waals surface area contributed by atoms with Gasteiger partial charge < -0.3 is 14.2 Å². The quantitative estimate of drug-likeness (QED) is 0.137. The summed E-state index contributed by atoms with van der Waals surface area (Å²) in [5.74, 6) is -12.1. The number of rotatable bonds is 12. The molecular weight excluding hydrogens is 487 g/mol. The number of esters is 1. The lowest BCUT2D eigenvalue weighted by molar-refractivity contribution is -0.358. The van der Waals surface area contributed by atoms with E-state index in [-0.39, 0.29) is 11.3 Å². The first kappa shape index (κ1) is 28.2. The fourth-order valence-corrected chi connectivity index (χ4v) is 2.64. The average molecular weight is 511 g/mol. The number of hydrogen-bond donors (Lipinski definition) is 0. The van der Waals surface area contributed by atoms with Gasteiger partial charge in [0.15, 0.2) is 6.61 Å². The summed E-state index contributed by atoms with van der Waals surface area (Å²) in [6.45, 7) is 2.53. The molecule has 0 radical (unpaired) electrons. The summed E-state index contributed by atoms with van der Waals surface area (Å²) < 4.78 is 104. The minimum absolute atomic E-state index is 0.0555. The summed E-state index contributed by atoms with van der Waals surface area (Å²) in [7, 11) is 0. The van der Waals surface area contributed by atoms with Crippen molar-refractivity contribution >= 4 is 5.97 Å². The SMILES string of the molecule is CCC(C)CCCOc1ccc(C(=O)Oc2ccc(OCC(F)(F)C(F)(F)C(F)(F)F)cc2)cn1. The number of hydrogen-bond acceptors (Lipinski definition) is 5. The molecule has 5 nitrogen and oxygen atoms in total. The highest BCUT2D eigenvalue weighted by Gasteiger charge is 2.73. The largest absolute Gasteiger partial charge is 0.487 e. The van der Waals surface area contributed by atoms with Crippen LogP contribution in [0.5, 0.6) is 17.4 Å². The Morgan fingerprint density at radius 2 is 1.57 bits per heavy atom. The van der Waals surface area contributed by atoms with Crippen LogP contribution in [0.25, 0.3) is 0 Å². The lowest BCUT2D eigenvalue weighted by atomic mass is 10.0. The summed E-state index contributed by atoms with van der Waals surface area (Å²) in [5, 5.41) is 0. The molecule has 0 spiro atoms. The van der Waals surface area contributed by atoms with Gasteiger partial charge in [-0.3, -0.25) is 0 Å². The number of ether oxygens (including phenoxy) is 3. The molecule has 0 saturated heterocycles. The smallest absolute Gasteiger partial charge is 0.460 e. The van der Waals surface area contributed by atoms with Crippen molar-refractivity contribution in [3.05, 3.63) is 48.2 Å². The van der Waals surface area contributed by atoms with Gasteiger partial charge in [-0.25, -0.2) is 9.78 Å². The van der Waals surface area contributed by atoms with Crippen molar-refractivity contribution in [2.45, 2.75) is 51.1 Å². The van der Waals surface area contributed by atoms with Gasteiger partial charge in [-0.2, -0.15) is 30.7 Å². The number of benzene rings is 1. The Balaban J connectivity index is 1.87. The van der Waals surface area contributed by atoms with Crippen LogP contribution in [0.4, 0.5) is 30.7 Å². The van der Waals surface area contributed by atoms with E-state index in [2.05, 4.69) is 23.6 Å². The summed E-state index contributed by atoms with van der Waals surface area (Å²) in [4.78, 5) is 16.2. The van der Waals surface area contributed by atoms with Crippen molar-refractivity contribution in [1.82, 2.24) is 4.98 Å². The van der Waals surface area contributed by atoms with E-state index >= 15 is 0 Å². The second-order valence-corrected chi connectivity index (χ2v) is 7.82. The van der Waals surface area contributed by atoms with Gasteiger partial charge in [-0.15, -0.1) is 0 Å². The van der Waals surface area contributed by atoms with Gasteiger partial charge in [0, 0.05) is 12.3 Å². The van der Waals surface area contributed by atoms with E-state index in [9.17, 15) is 35.5 Å². The van der Waals surface area contributed by atoms with Crippen molar-refractivity contribution in [3.63, 3.8) is 0 Å². The summed E-state index contributed by atoms with van der Waals surface area (Å²) in [6, 6.07) is 7.05. The number of halogens is 7. The van der Waals surface area contributed by atoms with E-state index in [4.69, 9.17) is 9.47 Å². The third kappa shape index (κ3) is 7.72. The predicted molar refractivity (Wildman–Crippen MR) is 111 cm³/mol. The molecule has 1 unspecified atom stereocenters. The van der Waals surface area contributed by atoms with E-state index < -0.39 is 36.3 Å². The fourth-order valence-electron chi connectivity index (χ4n) is 2.64. The zero-order valence-electron chi connectivity index (χ0n) is 18.9. The molecule has 0 bridgehead atoms. The number of aromatic nitrogens is 1. The molecular formula is C23H24F7NO4. The van der Waals surface area contributed by atoms with Crippen LogP contribution in [0.3, 0.4) is 0 Å². The molecule has 1 aromatic carbocycles. The Morgan fingerprint density at radius 3 is 2.11 bits per heavy atom. The van der Waals surface area contributed by atoms with Crippen LogP contribution in [-0.2, 0) is 0 Å². The third-order valence-electron chi connectivity index (χ3n) is 5.03. The fraction of sp³-hybridized carbons (Fsp3) is 0.478. The summed E-state index contributed by atoms with van der Waals surface area (Å²) in [5.41, 5.74) is 0.0892. The van der Waals surface area contributed by atoms with Gasteiger partial charge >= 0.3 is 24.0 Å². The van der Waals surface area contributed by atoms with E-state index in [0.717, 1.165) is 43.5 Å². The molecule has 194 valence electrons. The average Bonchev–Trinajstić information content (AvgIpc) is 2.80. The van der Waals surface area contributed by atoms with Crippen LogP contribution in [-0.4, -0.2) is 42.2 Å². The van der Waals surface area contributed by atoms with E-state index in [0.29, 0.717) is 18.4 Å². The van der Waals surface area contributed by atoms with Gasteiger partial charge in [-0.1, -0.05) is 20.3 Å². The molecule has 1 aromatic heterocycles. The van der Waals surface area contributed by atoms with Crippen molar-refractivity contribution in [3.8, 4) is 17.4 Å². The Hall–Kier alpha value is -3.05. The maximum Gasteiger partial charge on any atom is 0.460 e. The first-order valence-corrected chi connectivity index (χ1v) is 10.6. The minimum Gasteiger partial charge on any atom is -0.487 e. The first-order chi connectivity index (χ1) is 16.3. The monoisotopic (exact) mass is 511 g/mol. The van der Waals surface area contributed by atoms with Gasteiger partial charge in [-0.05, 0) is 49.1 Å². The number of alkyl halides is 7. The Morgan fingerprint density at radius 1 is 0.943 bits per heavy atom. The molecule has 0 aliphatic heterocycles. The van der Waals surface area contributed by atoms with Crippen molar-refractivity contribution in [2.24, 2.45) is 5.92 Å². The van der Waals surface area contributed by atoms with E-state index in [1.54, 1.807) is 0 Å². The molecule has 2 rings (SSSR count). The van der Waals surface area contributed by atoms with Crippen LogP contribution in [0.15, 0.2) is 42.6 Å². The zero-order valence-corrected chi connectivity index (χ0v) is 18.9. The summed E-state index contributed by atoms with van der Waals surface area (Å²) in [6.07, 6.45) is -2.23. The normalized spacial score (nSPS) is 13.3. The van der Waals surface area contributed by atoms with Crippen LogP contribution >= 0.6 is 0 Å². The molecule has 1 heterocycles. The van der Waals surface area contributed by atoms with E-state index in [1.807, 2.05) is 0 Å². The third-order valence-corrected chi connectivity index (χ3v) is 5.03. The molecule has 2 aromatic rings. The highest BCUT2D eigenvalue weighted by molar-refractivity contribution is 5.90. The molecule has 0 amide bonds. The molecule has 0 saturated carbocycles. The molecule has 0 fully saturated rings. The van der Waals surface area contributed by atoms with Crippen molar-refractivity contribution in [1.29, 1.82) is 0 Å². The van der Waals surface area contributed by atoms with Gasteiger partial charge in [0.2, 0.25) is 5.88 Å². The number of pyridine rings is 1. The van der Waals surface area contributed by atoms with E-state index in [1.165, 1.54) is 18.3 Å². The molecule has 12 heteroatoms. The number of carbonyl (C=O) groups excluding carboxylic acids is 1. The van der Waals surface area contributed by atoms with Gasteiger partial charge in [0.25, 0.3) is 0 Å². The number of nitrogens with zero attached hydrogens (tertiary/aromatic N) is 1. The van der Waals surface area contributed by atoms with Crippen LogP contribution in [0.2, 0.25) is 0 Å². The highest BCUT2D eigenvalue weighted by atomic mass is 19.4. The highest BCUT2D eigenvalue weighted by Crippen LogP contribution is 2.46. The summed E-state index contributed by atoms with van der Waals surface area (Å²) >= 11 is 0. The molecule has 0 aliphatic rings. The zero-order chi connectivity index (χ0) is 26.3. The first-order valence-electron chi connectivity index (χ1n) is 10.6. The maximum absolute atomic E-state index is 13.3. The van der Waals surface area contributed by atoms with Gasteiger partial charge in [0.05, 0.1) is 12.2 Å². The Kier molecular flexibility index (Phi) is 9.33. The molecule has 35 heavy (non-hydrogen) atoms. The second-order valence-electron chi connectivity index (χ2n) is 7.82. The Labute approximate surface area is 197 Å². The molecule has 0 aliphatic carbocycles. The van der Waals surface area contributed by atoms with Crippen LogP contribution < -0.4 is 14.2 Å². The van der Waals surface area contributed by atoms with Crippen molar-refractivity contribution < 1.29 is 49.7 Å². The Bertz CT molecular complexity index is 948. The van der Waals surface area contributed by atoms with Crippen LogP contribution in [0.1, 0.15) is 43.5 Å². The second kappa shape index (κ2) is 11.6. The van der Waals surface area contributed by atoms with Crippen LogP contribution in [0, 0.1) is 5.92 Å². The lowest BCUT2D eigenvalue weighted by Crippen LogP contribution is -2.54. The number of carbonyl (C=O) groups is 1. The predicted octanol–water partition coefficient (Wildman–Crippen LogP) is 6.72. The lowest BCUT2D eigenvalue weighted by Gasteiger charge is -2.27. The molecule has 0 N–H and O–H groups in total. The maximum atomic E-state index is 13.3.